The van der Waals surface area contributed by atoms with Crippen LogP contribution in [-0.4, -0.2) is 30.4 Å². The van der Waals surface area contributed by atoms with Gasteiger partial charge in [0.1, 0.15) is 6.10 Å². The lowest BCUT2D eigenvalue weighted by Gasteiger charge is -2.27. The quantitative estimate of drug-likeness (QED) is 0.505. The molecular formula is C18H24O4S2. The zero-order valence-electron chi connectivity index (χ0n) is 14.1. The van der Waals surface area contributed by atoms with Crippen LogP contribution >= 0.6 is 22.7 Å². The van der Waals surface area contributed by atoms with Crippen LogP contribution < -0.4 is 0 Å². The van der Waals surface area contributed by atoms with Crippen molar-refractivity contribution >= 4 is 28.6 Å². The van der Waals surface area contributed by atoms with Crippen molar-refractivity contribution in [2.75, 3.05) is 13.2 Å². The van der Waals surface area contributed by atoms with E-state index < -0.39 is 11.6 Å². The summed E-state index contributed by atoms with van der Waals surface area (Å²) in [7, 11) is 0. The van der Waals surface area contributed by atoms with Crippen LogP contribution in [0.2, 0.25) is 0 Å². The number of hydrogen-bond acceptors (Lipinski definition) is 6. The Morgan fingerprint density at radius 2 is 1.79 bits per heavy atom. The first-order chi connectivity index (χ1) is 11.6. The molecule has 0 aliphatic heterocycles. The minimum absolute atomic E-state index is 0.250. The molecule has 4 nitrogen and oxygen atoms in total. The van der Waals surface area contributed by atoms with Gasteiger partial charge in [-0.1, -0.05) is 25.5 Å². The summed E-state index contributed by atoms with van der Waals surface area (Å²) in [6, 6.07) is 7.18. The van der Waals surface area contributed by atoms with E-state index in [1.54, 1.807) is 12.1 Å². The van der Waals surface area contributed by atoms with Gasteiger partial charge in [0.15, 0.2) is 0 Å². The molecule has 0 spiro atoms. The van der Waals surface area contributed by atoms with Crippen molar-refractivity contribution in [2.24, 2.45) is 0 Å². The van der Waals surface area contributed by atoms with Gasteiger partial charge in [-0.15, -0.1) is 22.7 Å². The molecule has 0 bridgehead atoms. The van der Waals surface area contributed by atoms with Gasteiger partial charge >= 0.3 is 5.97 Å². The van der Waals surface area contributed by atoms with Crippen molar-refractivity contribution in [1.29, 1.82) is 0 Å². The molecule has 1 N–H and O–H groups in total. The molecule has 132 valence electrons. The van der Waals surface area contributed by atoms with E-state index in [1.807, 2.05) is 36.7 Å². The zero-order chi connectivity index (χ0) is 17.4. The maximum atomic E-state index is 12.9. The molecule has 0 fully saturated rings. The highest BCUT2D eigenvalue weighted by Crippen LogP contribution is 2.37. The molecule has 2 aromatic rings. The Labute approximate surface area is 151 Å². The fourth-order valence-corrected chi connectivity index (χ4v) is 4.19. The second-order valence-electron chi connectivity index (χ2n) is 5.47. The molecule has 2 heterocycles. The third kappa shape index (κ3) is 4.45. The maximum Gasteiger partial charge on any atom is 0.349 e. The second-order valence-corrected chi connectivity index (χ2v) is 7.36. The molecule has 0 aliphatic carbocycles. The predicted molar refractivity (Wildman–Crippen MR) is 97.5 cm³/mol. The van der Waals surface area contributed by atoms with Gasteiger partial charge in [0.25, 0.3) is 0 Å². The standard InChI is InChI=1S/C18H24O4S2/c1-3-7-14(10-11-21-4-2)22-17(19)18(20,15-8-5-12-23-15)16-9-6-13-24-16/h5-6,8-9,12-14,20H,3-4,7,10-11H2,1-2H3. The second kappa shape index (κ2) is 9.32. The number of esters is 1. The van der Waals surface area contributed by atoms with Gasteiger partial charge in [0.05, 0.1) is 16.4 Å². The summed E-state index contributed by atoms with van der Waals surface area (Å²) in [5, 5.41) is 14.9. The number of ether oxygens (including phenoxy) is 2. The first kappa shape index (κ1) is 19.1. The van der Waals surface area contributed by atoms with Crippen molar-refractivity contribution in [3.05, 3.63) is 44.8 Å². The Balaban J connectivity index is 2.18. The fraction of sp³-hybridized carbons (Fsp3) is 0.500. The van der Waals surface area contributed by atoms with Gasteiger partial charge in [0, 0.05) is 13.0 Å². The Kier molecular flexibility index (Phi) is 7.42. The van der Waals surface area contributed by atoms with Gasteiger partial charge in [0.2, 0.25) is 5.60 Å². The van der Waals surface area contributed by atoms with Crippen molar-refractivity contribution in [3.8, 4) is 0 Å². The summed E-state index contributed by atoms with van der Waals surface area (Å²) >= 11 is 2.70. The van der Waals surface area contributed by atoms with Crippen LogP contribution in [0.1, 0.15) is 42.9 Å². The molecule has 0 aromatic carbocycles. The predicted octanol–water partition coefficient (Wildman–Crippen LogP) is 4.18. The Bertz CT molecular complexity index is 558. The van der Waals surface area contributed by atoms with Crippen molar-refractivity contribution in [1.82, 2.24) is 0 Å². The lowest BCUT2D eigenvalue weighted by atomic mass is 9.99. The van der Waals surface area contributed by atoms with Crippen LogP contribution in [0, 0.1) is 0 Å². The molecule has 24 heavy (non-hydrogen) atoms. The largest absolute Gasteiger partial charge is 0.460 e. The van der Waals surface area contributed by atoms with Gasteiger partial charge in [-0.3, -0.25) is 0 Å². The maximum absolute atomic E-state index is 12.9. The Morgan fingerprint density at radius 3 is 2.25 bits per heavy atom. The highest BCUT2D eigenvalue weighted by Gasteiger charge is 2.44. The molecule has 2 rings (SSSR count). The van der Waals surface area contributed by atoms with Gasteiger partial charge in [-0.25, -0.2) is 4.79 Å². The van der Waals surface area contributed by atoms with E-state index in [0.717, 1.165) is 12.8 Å². The van der Waals surface area contributed by atoms with Crippen LogP contribution in [0.15, 0.2) is 35.0 Å². The summed E-state index contributed by atoms with van der Waals surface area (Å²) in [4.78, 5) is 14.0. The number of carbonyl (C=O) groups excluding carboxylic acids is 1. The molecule has 6 heteroatoms. The highest BCUT2D eigenvalue weighted by atomic mass is 32.1. The van der Waals surface area contributed by atoms with Crippen LogP contribution in [0.25, 0.3) is 0 Å². The van der Waals surface area contributed by atoms with Crippen LogP contribution in [-0.2, 0) is 19.9 Å². The molecule has 0 aliphatic rings. The molecule has 0 saturated carbocycles. The number of carbonyl (C=O) groups is 1. The lowest BCUT2D eigenvalue weighted by molar-refractivity contribution is -0.168. The molecule has 0 radical (unpaired) electrons. The van der Waals surface area contributed by atoms with Gasteiger partial charge in [-0.2, -0.15) is 0 Å². The van der Waals surface area contributed by atoms with Crippen LogP contribution in [0.3, 0.4) is 0 Å². The normalized spacial score (nSPS) is 13.0. The molecular weight excluding hydrogens is 344 g/mol. The minimum atomic E-state index is -1.74. The highest BCUT2D eigenvalue weighted by molar-refractivity contribution is 7.12. The Hall–Kier alpha value is -1.21. The topological polar surface area (TPSA) is 55.8 Å². The van der Waals surface area contributed by atoms with Crippen molar-refractivity contribution in [2.45, 2.75) is 44.8 Å². The van der Waals surface area contributed by atoms with E-state index >= 15 is 0 Å². The van der Waals surface area contributed by atoms with E-state index in [0.29, 0.717) is 29.4 Å². The first-order valence-electron chi connectivity index (χ1n) is 8.22. The van der Waals surface area contributed by atoms with Gasteiger partial charge < -0.3 is 14.6 Å². The summed E-state index contributed by atoms with van der Waals surface area (Å²) < 4.78 is 11.1. The summed E-state index contributed by atoms with van der Waals surface area (Å²) in [6.45, 7) is 5.17. The lowest BCUT2D eigenvalue weighted by Crippen LogP contribution is -2.39. The minimum Gasteiger partial charge on any atom is -0.460 e. The number of rotatable bonds is 10. The van der Waals surface area contributed by atoms with Crippen LogP contribution in [0.4, 0.5) is 0 Å². The number of hydrogen-bond donors (Lipinski definition) is 1. The van der Waals surface area contributed by atoms with E-state index in [9.17, 15) is 9.90 Å². The molecule has 0 amide bonds. The SMILES string of the molecule is CCCC(CCOCC)OC(=O)C(O)(c1cccs1)c1cccs1. The Morgan fingerprint density at radius 1 is 1.17 bits per heavy atom. The summed E-state index contributed by atoms with van der Waals surface area (Å²) in [5.74, 6) is -0.609. The first-order valence-corrected chi connectivity index (χ1v) is 9.98. The molecule has 0 saturated heterocycles. The average Bonchev–Trinajstić information content (AvgIpc) is 3.28. The fourth-order valence-electron chi connectivity index (χ4n) is 2.47. The van der Waals surface area contributed by atoms with Gasteiger partial charge in [-0.05, 0) is 36.2 Å². The van der Waals surface area contributed by atoms with E-state index in [-0.39, 0.29) is 6.10 Å². The summed E-state index contributed by atoms with van der Waals surface area (Å²) in [6.07, 6.45) is 2.04. The monoisotopic (exact) mass is 368 g/mol. The molecule has 1 unspecified atom stereocenters. The third-order valence-corrected chi connectivity index (χ3v) is 5.68. The average molecular weight is 369 g/mol. The number of aliphatic hydroxyl groups is 1. The summed E-state index contributed by atoms with van der Waals surface area (Å²) in [5.41, 5.74) is -1.74. The van der Waals surface area contributed by atoms with Crippen molar-refractivity contribution in [3.63, 3.8) is 0 Å². The van der Waals surface area contributed by atoms with E-state index in [1.165, 1.54) is 22.7 Å². The zero-order valence-corrected chi connectivity index (χ0v) is 15.7. The third-order valence-electron chi connectivity index (χ3n) is 3.72. The molecule has 1 atom stereocenters. The smallest absolute Gasteiger partial charge is 0.349 e. The number of thiophene rings is 2. The van der Waals surface area contributed by atoms with Crippen molar-refractivity contribution < 1.29 is 19.4 Å². The molecule has 2 aromatic heterocycles. The van der Waals surface area contributed by atoms with Crippen LogP contribution in [0.5, 0.6) is 0 Å². The van der Waals surface area contributed by atoms with E-state index in [4.69, 9.17) is 9.47 Å². The van der Waals surface area contributed by atoms with E-state index in [2.05, 4.69) is 0 Å².